The molecule has 6 heteroatoms. The van der Waals surface area contributed by atoms with Crippen molar-refractivity contribution in [3.63, 3.8) is 0 Å². The Labute approximate surface area is 162 Å². The van der Waals surface area contributed by atoms with E-state index in [2.05, 4.69) is 29.8 Å². The molecule has 3 aliphatic heterocycles. The van der Waals surface area contributed by atoms with Gasteiger partial charge in [-0.15, -0.1) is 0 Å². The first-order valence-electron chi connectivity index (χ1n) is 10.1. The molecule has 0 atom stereocenters. The maximum atomic E-state index is 13.2. The van der Waals surface area contributed by atoms with E-state index in [1.165, 1.54) is 5.69 Å². The molecule has 3 aliphatic rings. The molecule has 27 heavy (non-hydrogen) atoms. The number of morpholine rings is 2. The number of carbonyl (C=O) groups excluding carboxylic acids is 1. The summed E-state index contributed by atoms with van der Waals surface area (Å²) in [5.74, 6) is 0.133. The Bertz CT molecular complexity index is 679. The van der Waals surface area contributed by atoms with Crippen LogP contribution >= 0.6 is 0 Å². The van der Waals surface area contributed by atoms with E-state index in [9.17, 15) is 4.79 Å². The second kappa shape index (κ2) is 7.78. The summed E-state index contributed by atoms with van der Waals surface area (Å²) in [5.41, 5.74) is 3.01. The van der Waals surface area contributed by atoms with E-state index in [1.807, 2.05) is 17.0 Å². The van der Waals surface area contributed by atoms with Gasteiger partial charge in [-0.25, -0.2) is 0 Å². The van der Waals surface area contributed by atoms with Crippen molar-refractivity contribution in [2.75, 3.05) is 71.0 Å². The third kappa shape index (κ3) is 3.98. The minimum atomic E-state index is -0.150. The third-order valence-electron chi connectivity index (χ3n) is 6.23. The average Bonchev–Trinajstić information content (AvgIpc) is 2.70. The molecule has 1 spiro atoms. The molecule has 1 aromatic rings. The monoisotopic (exact) mass is 373 g/mol. The van der Waals surface area contributed by atoms with Gasteiger partial charge in [0.05, 0.1) is 32.0 Å². The summed E-state index contributed by atoms with van der Waals surface area (Å²) in [4.78, 5) is 19.8. The van der Waals surface area contributed by atoms with E-state index in [-0.39, 0.29) is 11.5 Å². The first-order chi connectivity index (χ1) is 13.1. The number of hydrogen-bond acceptors (Lipinski definition) is 5. The van der Waals surface area contributed by atoms with Crippen molar-refractivity contribution >= 4 is 11.6 Å². The van der Waals surface area contributed by atoms with E-state index < -0.39 is 0 Å². The molecule has 3 saturated heterocycles. The summed E-state index contributed by atoms with van der Waals surface area (Å²) >= 11 is 0. The van der Waals surface area contributed by atoms with Gasteiger partial charge in [0, 0.05) is 44.0 Å². The van der Waals surface area contributed by atoms with Crippen LogP contribution in [0.5, 0.6) is 0 Å². The fourth-order valence-electron chi connectivity index (χ4n) is 4.48. The third-order valence-corrected chi connectivity index (χ3v) is 6.23. The Morgan fingerprint density at radius 2 is 1.78 bits per heavy atom. The Balaban J connectivity index is 1.46. The minimum absolute atomic E-state index is 0.133. The van der Waals surface area contributed by atoms with Gasteiger partial charge in [0.15, 0.2) is 0 Å². The zero-order chi connectivity index (χ0) is 18.9. The van der Waals surface area contributed by atoms with Gasteiger partial charge in [-0.1, -0.05) is 0 Å². The lowest BCUT2D eigenvalue weighted by molar-refractivity contribution is -0.125. The standard InChI is InChI=1S/C21H31N3O3/c1-17-15-18(3-4-19(17)23-9-12-26-13-10-23)20(25)24-11-14-27-21(16-24)5-7-22(2)8-6-21/h3-4,15H,5-14,16H2,1-2H3. The van der Waals surface area contributed by atoms with E-state index in [0.29, 0.717) is 19.7 Å². The largest absolute Gasteiger partial charge is 0.378 e. The topological polar surface area (TPSA) is 45.2 Å². The Kier molecular flexibility index (Phi) is 5.39. The molecule has 0 N–H and O–H groups in total. The highest BCUT2D eigenvalue weighted by Crippen LogP contribution is 2.31. The zero-order valence-corrected chi connectivity index (χ0v) is 16.6. The molecule has 6 nitrogen and oxygen atoms in total. The second-order valence-corrected chi connectivity index (χ2v) is 8.16. The van der Waals surface area contributed by atoms with Crippen molar-refractivity contribution in [2.24, 2.45) is 0 Å². The molecule has 0 unspecified atom stereocenters. The fraction of sp³-hybridized carbons (Fsp3) is 0.667. The average molecular weight is 373 g/mol. The molecule has 1 amide bonds. The van der Waals surface area contributed by atoms with Crippen LogP contribution in [0.3, 0.4) is 0 Å². The SMILES string of the molecule is Cc1cc(C(=O)N2CCOC3(CCN(C)CC3)C2)ccc1N1CCOCC1. The highest BCUT2D eigenvalue weighted by Gasteiger charge is 2.40. The normalized spacial score (nSPS) is 23.6. The number of piperidine rings is 1. The number of rotatable bonds is 2. The van der Waals surface area contributed by atoms with Gasteiger partial charge in [-0.3, -0.25) is 4.79 Å². The van der Waals surface area contributed by atoms with Crippen molar-refractivity contribution in [1.82, 2.24) is 9.80 Å². The van der Waals surface area contributed by atoms with Crippen molar-refractivity contribution < 1.29 is 14.3 Å². The van der Waals surface area contributed by atoms with Crippen LogP contribution in [-0.2, 0) is 9.47 Å². The summed E-state index contributed by atoms with van der Waals surface area (Å²) in [7, 11) is 2.15. The summed E-state index contributed by atoms with van der Waals surface area (Å²) < 4.78 is 11.6. The quantitative estimate of drug-likeness (QED) is 0.791. The Morgan fingerprint density at radius 1 is 1.04 bits per heavy atom. The number of carbonyl (C=O) groups is 1. The molecule has 0 bridgehead atoms. The van der Waals surface area contributed by atoms with Crippen LogP contribution in [0.4, 0.5) is 5.69 Å². The number of anilines is 1. The lowest BCUT2D eigenvalue weighted by Gasteiger charge is -2.46. The number of benzene rings is 1. The van der Waals surface area contributed by atoms with Gasteiger partial charge < -0.3 is 24.2 Å². The lowest BCUT2D eigenvalue weighted by atomic mass is 9.89. The molecule has 0 aromatic heterocycles. The van der Waals surface area contributed by atoms with Gasteiger partial charge in [0.1, 0.15) is 0 Å². The van der Waals surface area contributed by atoms with Gasteiger partial charge >= 0.3 is 0 Å². The summed E-state index contributed by atoms with van der Waals surface area (Å²) in [5, 5.41) is 0. The van der Waals surface area contributed by atoms with Gasteiger partial charge in [0.2, 0.25) is 0 Å². The molecule has 0 radical (unpaired) electrons. The number of amides is 1. The second-order valence-electron chi connectivity index (χ2n) is 8.16. The smallest absolute Gasteiger partial charge is 0.254 e. The van der Waals surface area contributed by atoms with E-state index >= 15 is 0 Å². The number of ether oxygens (including phenoxy) is 2. The van der Waals surface area contributed by atoms with Crippen molar-refractivity contribution in [1.29, 1.82) is 0 Å². The predicted octanol–water partition coefficient (Wildman–Crippen LogP) is 1.77. The van der Waals surface area contributed by atoms with E-state index in [4.69, 9.17) is 9.47 Å². The number of hydrogen-bond donors (Lipinski definition) is 0. The molecule has 0 aliphatic carbocycles. The maximum Gasteiger partial charge on any atom is 0.254 e. The van der Waals surface area contributed by atoms with Crippen molar-refractivity contribution in [3.05, 3.63) is 29.3 Å². The lowest BCUT2D eigenvalue weighted by Crippen LogP contribution is -2.57. The van der Waals surface area contributed by atoms with E-state index in [1.54, 1.807) is 0 Å². The molecular formula is C21H31N3O3. The van der Waals surface area contributed by atoms with Crippen LogP contribution in [0.1, 0.15) is 28.8 Å². The van der Waals surface area contributed by atoms with Gasteiger partial charge in [0.25, 0.3) is 5.91 Å². The number of aryl methyl sites for hydroxylation is 1. The minimum Gasteiger partial charge on any atom is -0.378 e. The number of nitrogens with zero attached hydrogens (tertiary/aromatic N) is 3. The highest BCUT2D eigenvalue weighted by atomic mass is 16.5. The van der Waals surface area contributed by atoms with Crippen LogP contribution in [0.2, 0.25) is 0 Å². The van der Waals surface area contributed by atoms with E-state index in [0.717, 1.165) is 63.4 Å². The number of likely N-dealkylation sites (tertiary alicyclic amines) is 1. The Hall–Kier alpha value is -1.63. The zero-order valence-electron chi connectivity index (χ0n) is 16.6. The fourth-order valence-corrected chi connectivity index (χ4v) is 4.48. The molecule has 1 aromatic carbocycles. The van der Waals surface area contributed by atoms with Crippen LogP contribution in [0.15, 0.2) is 18.2 Å². The predicted molar refractivity (Wildman–Crippen MR) is 106 cm³/mol. The van der Waals surface area contributed by atoms with Crippen molar-refractivity contribution in [2.45, 2.75) is 25.4 Å². The van der Waals surface area contributed by atoms with Gasteiger partial charge in [-0.2, -0.15) is 0 Å². The van der Waals surface area contributed by atoms with Crippen LogP contribution in [-0.4, -0.2) is 87.4 Å². The summed E-state index contributed by atoms with van der Waals surface area (Å²) in [6.07, 6.45) is 2.00. The molecule has 148 valence electrons. The highest BCUT2D eigenvalue weighted by molar-refractivity contribution is 5.95. The first-order valence-corrected chi connectivity index (χ1v) is 10.1. The van der Waals surface area contributed by atoms with Crippen LogP contribution in [0.25, 0.3) is 0 Å². The summed E-state index contributed by atoms with van der Waals surface area (Å²) in [6.45, 7) is 9.56. The molecular weight excluding hydrogens is 342 g/mol. The first kappa shape index (κ1) is 18.7. The summed E-state index contributed by atoms with van der Waals surface area (Å²) in [6, 6.07) is 6.13. The molecule has 3 heterocycles. The van der Waals surface area contributed by atoms with Crippen LogP contribution in [0, 0.1) is 6.92 Å². The molecule has 4 rings (SSSR count). The molecule has 3 fully saturated rings. The van der Waals surface area contributed by atoms with Crippen LogP contribution < -0.4 is 4.90 Å². The Morgan fingerprint density at radius 3 is 2.48 bits per heavy atom. The molecule has 0 saturated carbocycles. The maximum absolute atomic E-state index is 13.2. The van der Waals surface area contributed by atoms with Gasteiger partial charge in [-0.05, 0) is 50.6 Å². The van der Waals surface area contributed by atoms with Crippen molar-refractivity contribution in [3.8, 4) is 0 Å².